The highest BCUT2D eigenvalue weighted by Crippen LogP contribution is 2.69. The Morgan fingerprint density at radius 3 is 1.94 bits per heavy atom. The molecule has 0 N–H and O–H groups in total. The van der Waals surface area contributed by atoms with Crippen molar-refractivity contribution in [3.63, 3.8) is 0 Å². The largest absolute Gasteiger partial charge is 0.415 e. The second kappa shape index (κ2) is 10.4. The highest BCUT2D eigenvalue weighted by atomic mass is 28.4. The fourth-order valence-corrected chi connectivity index (χ4v) is 12.5. The first-order valence-corrected chi connectivity index (χ1v) is 22.7. The zero-order chi connectivity index (χ0) is 26.7. The average Bonchev–Trinajstić information content (AvgIpc) is 3.08. The maximum absolute atomic E-state index is 7.21. The summed E-state index contributed by atoms with van der Waals surface area (Å²) in [5, 5.41) is 0. The Kier molecular flexibility index (Phi) is 8.47. The Bertz CT molecular complexity index is 754. The number of fused-ring (bicyclic) bond motifs is 5. The van der Waals surface area contributed by atoms with E-state index in [2.05, 4.69) is 73.9 Å². The second-order valence-electron chi connectivity index (χ2n) is 16.8. The minimum Gasteiger partial charge on any atom is -0.415 e. The number of hydrogen-bond donors (Lipinski definition) is 0. The fraction of sp³-hybridized carbons (Fsp3) is 1.00. The van der Waals surface area contributed by atoms with Crippen LogP contribution in [-0.2, 0) is 8.85 Å². The summed E-state index contributed by atoms with van der Waals surface area (Å²) < 4.78 is 13.9. The van der Waals surface area contributed by atoms with Crippen molar-refractivity contribution in [3.05, 3.63) is 0 Å². The average molecular weight is 535 g/mol. The quantitative estimate of drug-likeness (QED) is 0.288. The lowest BCUT2D eigenvalue weighted by molar-refractivity contribution is -0.168. The van der Waals surface area contributed by atoms with Gasteiger partial charge in [0.2, 0.25) is 0 Å². The molecule has 0 bridgehead atoms. The van der Waals surface area contributed by atoms with E-state index in [1.54, 1.807) is 0 Å². The molecule has 10 atom stereocenters. The van der Waals surface area contributed by atoms with Gasteiger partial charge in [-0.2, -0.15) is 0 Å². The van der Waals surface area contributed by atoms with Crippen LogP contribution < -0.4 is 0 Å². The predicted molar refractivity (Wildman–Crippen MR) is 160 cm³/mol. The van der Waals surface area contributed by atoms with Crippen LogP contribution in [-0.4, -0.2) is 28.8 Å². The van der Waals surface area contributed by atoms with E-state index in [0.717, 1.165) is 41.4 Å². The summed E-state index contributed by atoms with van der Waals surface area (Å²) in [6.45, 7) is 27.3. The molecule has 0 aromatic rings. The SMILES string of the molecule is CC(C)CCC(C)C1CCC2C3C(CCC12C)C1(C)CC[C@@H](O[Si](C)(C)C)C[C@H]1C[C@H]3O[Si](C)(C)C. The van der Waals surface area contributed by atoms with Crippen molar-refractivity contribution in [1.29, 1.82) is 0 Å². The van der Waals surface area contributed by atoms with Crippen molar-refractivity contribution in [1.82, 2.24) is 0 Å². The molecule has 0 radical (unpaired) electrons. The molecular weight excluding hydrogens is 473 g/mol. The van der Waals surface area contributed by atoms with Crippen LogP contribution in [0.25, 0.3) is 0 Å². The first-order valence-electron chi connectivity index (χ1n) is 15.9. The summed E-state index contributed by atoms with van der Waals surface area (Å²) in [5.41, 5.74) is 1.02. The fourth-order valence-electron chi connectivity index (χ4n) is 10.1. The minimum atomic E-state index is -1.61. The maximum atomic E-state index is 7.21. The molecule has 4 aliphatic rings. The van der Waals surface area contributed by atoms with E-state index in [4.69, 9.17) is 8.85 Å². The summed E-state index contributed by atoms with van der Waals surface area (Å²) in [5.74, 6) is 5.91. The molecule has 0 amide bonds. The molecule has 0 aromatic carbocycles. The lowest BCUT2D eigenvalue weighted by Gasteiger charge is -2.64. The predicted octanol–water partition coefficient (Wildman–Crippen LogP) is 9.77. The van der Waals surface area contributed by atoms with Gasteiger partial charge in [0.05, 0.1) is 0 Å². The van der Waals surface area contributed by atoms with Crippen molar-refractivity contribution in [2.45, 2.75) is 150 Å². The molecule has 4 fully saturated rings. The molecule has 4 aliphatic carbocycles. The van der Waals surface area contributed by atoms with E-state index < -0.39 is 16.6 Å². The van der Waals surface area contributed by atoms with Gasteiger partial charge in [0.1, 0.15) is 0 Å². The molecule has 0 heterocycles. The van der Waals surface area contributed by atoms with E-state index in [1.165, 1.54) is 64.2 Å². The normalized spacial score (nSPS) is 44.2. The second-order valence-corrected chi connectivity index (χ2v) is 25.7. The molecular formula is C32H62O2Si2. The van der Waals surface area contributed by atoms with Crippen LogP contribution in [0.3, 0.4) is 0 Å². The molecule has 4 saturated carbocycles. The Balaban J connectivity index is 1.60. The van der Waals surface area contributed by atoms with Crippen LogP contribution in [0.5, 0.6) is 0 Å². The molecule has 0 saturated heterocycles. The zero-order valence-corrected chi connectivity index (χ0v) is 28.1. The Hall–Kier alpha value is 0.354. The summed E-state index contributed by atoms with van der Waals surface area (Å²) >= 11 is 0. The van der Waals surface area contributed by atoms with Crippen LogP contribution >= 0.6 is 0 Å². The third kappa shape index (κ3) is 5.92. The highest BCUT2D eigenvalue weighted by Gasteiger charge is 2.63. The van der Waals surface area contributed by atoms with Gasteiger partial charge in [-0.3, -0.25) is 0 Å². The zero-order valence-electron chi connectivity index (χ0n) is 26.1. The highest BCUT2D eigenvalue weighted by molar-refractivity contribution is 6.70. The van der Waals surface area contributed by atoms with E-state index in [-0.39, 0.29) is 0 Å². The van der Waals surface area contributed by atoms with Gasteiger partial charge in [-0.1, -0.05) is 47.5 Å². The Labute approximate surface area is 227 Å². The third-order valence-electron chi connectivity index (χ3n) is 11.6. The summed E-state index contributed by atoms with van der Waals surface area (Å²) in [6.07, 6.45) is 14.9. The van der Waals surface area contributed by atoms with Gasteiger partial charge >= 0.3 is 0 Å². The number of rotatable bonds is 8. The molecule has 4 heteroatoms. The molecule has 0 aliphatic heterocycles. The van der Waals surface area contributed by atoms with Crippen LogP contribution in [0.15, 0.2) is 0 Å². The van der Waals surface area contributed by atoms with E-state index in [9.17, 15) is 0 Å². The molecule has 4 rings (SSSR count). The lowest BCUT2D eigenvalue weighted by atomic mass is 9.43. The molecule has 0 aromatic heterocycles. The first-order chi connectivity index (χ1) is 16.5. The van der Waals surface area contributed by atoms with Gasteiger partial charge in [-0.05, 0) is 143 Å². The van der Waals surface area contributed by atoms with Crippen molar-refractivity contribution in [2.24, 2.45) is 52.3 Å². The summed E-state index contributed by atoms with van der Waals surface area (Å²) in [4.78, 5) is 0. The van der Waals surface area contributed by atoms with Crippen LogP contribution in [0, 0.1) is 52.3 Å². The Morgan fingerprint density at radius 1 is 0.722 bits per heavy atom. The van der Waals surface area contributed by atoms with Gasteiger partial charge < -0.3 is 8.85 Å². The van der Waals surface area contributed by atoms with Crippen molar-refractivity contribution in [3.8, 4) is 0 Å². The van der Waals surface area contributed by atoms with Gasteiger partial charge in [0.15, 0.2) is 16.6 Å². The van der Waals surface area contributed by atoms with Crippen molar-refractivity contribution >= 4 is 16.6 Å². The van der Waals surface area contributed by atoms with E-state index in [1.807, 2.05) is 0 Å². The van der Waals surface area contributed by atoms with E-state index >= 15 is 0 Å². The van der Waals surface area contributed by atoms with Crippen LogP contribution in [0.2, 0.25) is 39.3 Å². The number of hydrogen-bond acceptors (Lipinski definition) is 2. The van der Waals surface area contributed by atoms with Gasteiger partial charge in [-0.25, -0.2) is 0 Å². The molecule has 2 nitrogen and oxygen atoms in total. The minimum absolute atomic E-state index is 0.486. The first kappa shape index (κ1) is 29.3. The molecule has 36 heavy (non-hydrogen) atoms. The van der Waals surface area contributed by atoms with Crippen LogP contribution in [0.1, 0.15) is 98.8 Å². The Morgan fingerprint density at radius 2 is 1.33 bits per heavy atom. The molecule has 210 valence electrons. The monoisotopic (exact) mass is 534 g/mol. The molecule has 7 unspecified atom stereocenters. The lowest BCUT2D eigenvalue weighted by Crippen LogP contribution is -2.60. The summed E-state index contributed by atoms with van der Waals surface area (Å²) in [6, 6.07) is 0. The van der Waals surface area contributed by atoms with Gasteiger partial charge in [-0.15, -0.1) is 0 Å². The van der Waals surface area contributed by atoms with Crippen LogP contribution in [0.4, 0.5) is 0 Å². The standard InChI is InChI=1S/C32H62O2Si2/c1-22(2)12-13-23(3)26-14-15-27-30-28(17-19-32(26,27)5)31(4)18-16-25(33-35(6,7)8)20-24(31)21-29(30)34-36(9,10)11/h22-30H,12-21H2,1-11H3/t23?,24-,25+,26?,27?,28?,29+,30?,31?,32?/m0/s1. The smallest absolute Gasteiger partial charge is 0.184 e. The van der Waals surface area contributed by atoms with E-state index in [0.29, 0.717) is 23.0 Å². The topological polar surface area (TPSA) is 18.5 Å². The van der Waals surface area contributed by atoms with Gasteiger partial charge in [0.25, 0.3) is 0 Å². The van der Waals surface area contributed by atoms with Crippen molar-refractivity contribution in [2.75, 3.05) is 0 Å². The molecule has 0 spiro atoms. The van der Waals surface area contributed by atoms with Crippen molar-refractivity contribution < 1.29 is 8.85 Å². The maximum Gasteiger partial charge on any atom is 0.184 e. The third-order valence-corrected chi connectivity index (χ3v) is 13.6. The van der Waals surface area contributed by atoms with Gasteiger partial charge in [0, 0.05) is 12.2 Å². The summed E-state index contributed by atoms with van der Waals surface area (Å²) in [7, 11) is -3.11.